The van der Waals surface area contributed by atoms with Gasteiger partial charge in [-0.05, 0) is 38.2 Å². The normalized spacial score (nSPS) is 21.6. The lowest BCUT2D eigenvalue weighted by molar-refractivity contribution is -0.135. The van der Waals surface area contributed by atoms with Gasteiger partial charge in [-0.25, -0.2) is 0 Å². The maximum Gasteiger partial charge on any atom is 0.230 e. The van der Waals surface area contributed by atoms with Gasteiger partial charge in [0.05, 0.1) is 10.8 Å². The number of carbonyl (C=O) groups is 2. The molecule has 1 saturated heterocycles. The average Bonchev–Trinajstić information content (AvgIpc) is 3.11. The smallest absolute Gasteiger partial charge is 0.230 e. The molecule has 3 N–H and O–H groups in total. The van der Waals surface area contributed by atoms with Gasteiger partial charge in [0.25, 0.3) is 0 Å². The average molecular weight is 344 g/mol. The minimum absolute atomic E-state index is 0.0303. The summed E-state index contributed by atoms with van der Waals surface area (Å²) in [5.41, 5.74) is 6.75. The van der Waals surface area contributed by atoms with Crippen LogP contribution < -0.4 is 11.1 Å². The molecule has 1 aliphatic carbocycles. The minimum Gasteiger partial charge on any atom is -0.381 e. The molecule has 1 saturated carbocycles. The molecule has 1 heterocycles. The van der Waals surface area contributed by atoms with Gasteiger partial charge in [0.2, 0.25) is 11.8 Å². The predicted molar refractivity (Wildman–Crippen MR) is 96.0 cm³/mol. The van der Waals surface area contributed by atoms with Crippen LogP contribution >= 0.6 is 0 Å². The van der Waals surface area contributed by atoms with Crippen LogP contribution in [0, 0.1) is 12.3 Å². The number of amides is 2. The van der Waals surface area contributed by atoms with E-state index in [1.807, 2.05) is 19.1 Å². The standard InChI is InChI=1S/C20H28N2O3/c1-15-5-4-6-16(13-15)20(7-2-3-8-20)18(24)22-14-19(17(21)23)9-11-25-12-10-19/h4-6,13H,2-3,7-12,14H2,1H3,(H2,21,23)(H,22,24). The molecule has 0 spiro atoms. The number of carbonyl (C=O) groups excluding carboxylic acids is 2. The number of aryl methyl sites for hydroxylation is 1. The van der Waals surface area contributed by atoms with Crippen LogP contribution in [-0.2, 0) is 19.7 Å². The van der Waals surface area contributed by atoms with Crippen molar-refractivity contribution in [3.8, 4) is 0 Å². The molecule has 0 aromatic heterocycles. The Kier molecular flexibility index (Phi) is 5.13. The van der Waals surface area contributed by atoms with E-state index in [1.165, 1.54) is 0 Å². The molecule has 25 heavy (non-hydrogen) atoms. The molecule has 2 fully saturated rings. The molecular weight excluding hydrogens is 316 g/mol. The molecule has 0 radical (unpaired) electrons. The lowest BCUT2D eigenvalue weighted by Crippen LogP contribution is -2.52. The molecule has 1 aliphatic heterocycles. The van der Waals surface area contributed by atoms with Crippen molar-refractivity contribution in [3.05, 3.63) is 35.4 Å². The largest absolute Gasteiger partial charge is 0.381 e. The highest BCUT2D eigenvalue weighted by Gasteiger charge is 2.45. The second-order valence-corrected chi connectivity index (χ2v) is 7.60. The lowest BCUT2D eigenvalue weighted by atomic mass is 9.76. The van der Waals surface area contributed by atoms with Crippen molar-refractivity contribution < 1.29 is 14.3 Å². The van der Waals surface area contributed by atoms with Gasteiger partial charge in [0, 0.05) is 19.8 Å². The van der Waals surface area contributed by atoms with Gasteiger partial charge in [-0.3, -0.25) is 9.59 Å². The van der Waals surface area contributed by atoms with E-state index in [0.717, 1.165) is 36.8 Å². The number of benzene rings is 1. The van der Waals surface area contributed by atoms with E-state index in [-0.39, 0.29) is 11.8 Å². The van der Waals surface area contributed by atoms with Gasteiger partial charge >= 0.3 is 0 Å². The molecule has 0 bridgehead atoms. The summed E-state index contributed by atoms with van der Waals surface area (Å²) in [4.78, 5) is 25.2. The number of primary amides is 1. The second-order valence-electron chi connectivity index (χ2n) is 7.60. The summed E-state index contributed by atoms with van der Waals surface area (Å²) < 4.78 is 5.36. The highest BCUT2D eigenvalue weighted by molar-refractivity contribution is 5.89. The van der Waals surface area contributed by atoms with Crippen LogP contribution in [0.5, 0.6) is 0 Å². The third kappa shape index (κ3) is 3.43. The van der Waals surface area contributed by atoms with E-state index in [1.54, 1.807) is 0 Å². The molecule has 3 rings (SSSR count). The first-order valence-electron chi connectivity index (χ1n) is 9.22. The van der Waals surface area contributed by atoms with Crippen LogP contribution in [-0.4, -0.2) is 31.6 Å². The zero-order valence-electron chi connectivity index (χ0n) is 15.0. The van der Waals surface area contributed by atoms with Gasteiger partial charge in [-0.1, -0.05) is 42.7 Å². The molecule has 0 unspecified atom stereocenters. The molecule has 1 aromatic carbocycles. The number of hydrogen-bond acceptors (Lipinski definition) is 3. The van der Waals surface area contributed by atoms with Crippen LogP contribution in [0.25, 0.3) is 0 Å². The maximum absolute atomic E-state index is 13.2. The minimum atomic E-state index is -0.680. The summed E-state index contributed by atoms with van der Waals surface area (Å²) in [6, 6.07) is 8.23. The van der Waals surface area contributed by atoms with E-state index < -0.39 is 10.8 Å². The van der Waals surface area contributed by atoms with Crippen molar-refractivity contribution in [2.45, 2.75) is 50.9 Å². The van der Waals surface area contributed by atoms with Gasteiger partial charge in [0.1, 0.15) is 0 Å². The number of ether oxygens (including phenoxy) is 1. The first-order chi connectivity index (χ1) is 12.0. The van der Waals surface area contributed by atoms with Gasteiger partial charge < -0.3 is 15.8 Å². The summed E-state index contributed by atoms with van der Waals surface area (Å²) in [7, 11) is 0. The summed E-state index contributed by atoms with van der Waals surface area (Å²) >= 11 is 0. The third-order valence-corrected chi connectivity index (χ3v) is 6.02. The van der Waals surface area contributed by atoms with Crippen LogP contribution in [0.3, 0.4) is 0 Å². The maximum atomic E-state index is 13.2. The fraction of sp³-hybridized carbons (Fsp3) is 0.600. The van der Waals surface area contributed by atoms with Crippen LogP contribution in [0.1, 0.15) is 49.7 Å². The van der Waals surface area contributed by atoms with E-state index >= 15 is 0 Å². The fourth-order valence-electron chi connectivity index (χ4n) is 4.26. The topological polar surface area (TPSA) is 81.4 Å². The quantitative estimate of drug-likeness (QED) is 0.859. The highest BCUT2D eigenvalue weighted by Crippen LogP contribution is 2.42. The van der Waals surface area contributed by atoms with Crippen molar-refractivity contribution in [2.75, 3.05) is 19.8 Å². The summed E-state index contributed by atoms with van der Waals surface area (Å²) in [5.74, 6) is -0.310. The molecule has 1 aromatic rings. The Hall–Kier alpha value is -1.88. The summed E-state index contributed by atoms with van der Waals surface area (Å²) in [6.45, 7) is 3.38. The van der Waals surface area contributed by atoms with Crippen molar-refractivity contribution in [3.63, 3.8) is 0 Å². The zero-order valence-corrected chi connectivity index (χ0v) is 15.0. The number of nitrogens with two attached hydrogens (primary N) is 1. The Morgan fingerprint density at radius 2 is 1.84 bits per heavy atom. The third-order valence-electron chi connectivity index (χ3n) is 6.02. The van der Waals surface area contributed by atoms with Crippen LogP contribution in [0.4, 0.5) is 0 Å². The fourth-order valence-corrected chi connectivity index (χ4v) is 4.26. The summed E-state index contributed by atoms with van der Waals surface area (Å²) in [5, 5.41) is 3.08. The SMILES string of the molecule is Cc1cccc(C2(C(=O)NCC3(C(N)=O)CCOCC3)CCCC2)c1. The van der Waals surface area contributed by atoms with Crippen molar-refractivity contribution >= 4 is 11.8 Å². The molecule has 5 nitrogen and oxygen atoms in total. The number of hydrogen-bond donors (Lipinski definition) is 2. The molecule has 0 atom stereocenters. The van der Waals surface area contributed by atoms with Gasteiger partial charge in [0.15, 0.2) is 0 Å². The Bertz CT molecular complexity index is 644. The molecule has 2 amide bonds. The number of nitrogens with one attached hydrogen (secondary N) is 1. The first-order valence-corrected chi connectivity index (χ1v) is 9.22. The first kappa shape index (κ1) is 17.9. The number of rotatable bonds is 5. The second kappa shape index (κ2) is 7.16. The zero-order chi connectivity index (χ0) is 17.9. The summed E-state index contributed by atoms with van der Waals surface area (Å²) in [6.07, 6.45) is 4.95. The Balaban J connectivity index is 1.79. The van der Waals surface area contributed by atoms with E-state index in [0.29, 0.717) is 32.6 Å². The van der Waals surface area contributed by atoms with E-state index in [2.05, 4.69) is 17.4 Å². The molecule has 2 aliphatic rings. The molecular formula is C20H28N2O3. The predicted octanol–water partition coefficient (Wildman–Crippen LogP) is 2.21. The van der Waals surface area contributed by atoms with Crippen molar-refractivity contribution in [2.24, 2.45) is 11.1 Å². The van der Waals surface area contributed by atoms with E-state index in [4.69, 9.17) is 10.5 Å². The van der Waals surface area contributed by atoms with Crippen molar-refractivity contribution in [1.82, 2.24) is 5.32 Å². The Morgan fingerprint density at radius 3 is 2.44 bits per heavy atom. The van der Waals surface area contributed by atoms with Gasteiger partial charge in [-0.15, -0.1) is 0 Å². The molecule has 136 valence electrons. The van der Waals surface area contributed by atoms with E-state index in [9.17, 15) is 9.59 Å². The Labute approximate surface area is 149 Å². The molecule has 5 heteroatoms. The highest BCUT2D eigenvalue weighted by atomic mass is 16.5. The van der Waals surface area contributed by atoms with Crippen LogP contribution in [0.15, 0.2) is 24.3 Å². The monoisotopic (exact) mass is 344 g/mol. The van der Waals surface area contributed by atoms with Crippen molar-refractivity contribution in [1.29, 1.82) is 0 Å². The Morgan fingerprint density at radius 1 is 1.16 bits per heavy atom. The van der Waals surface area contributed by atoms with Crippen LogP contribution in [0.2, 0.25) is 0 Å². The van der Waals surface area contributed by atoms with Gasteiger partial charge in [-0.2, -0.15) is 0 Å². The lowest BCUT2D eigenvalue weighted by Gasteiger charge is -2.36.